The lowest BCUT2D eigenvalue weighted by Gasteiger charge is -2.32. The summed E-state index contributed by atoms with van der Waals surface area (Å²) in [7, 11) is -0.428. The third-order valence-corrected chi connectivity index (χ3v) is 8.81. The molecule has 1 saturated heterocycles. The lowest BCUT2D eigenvalue weighted by molar-refractivity contribution is -0.138. The van der Waals surface area contributed by atoms with Crippen LogP contribution in [0.25, 0.3) is 10.9 Å². The second-order valence-corrected chi connectivity index (χ2v) is 12.2. The first-order chi connectivity index (χ1) is 18.4. The molecule has 0 bridgehead atoms. The molecule has 1 aliphatic carbocycles. The molecule has 2 fully saturated rings. The van der Waals surface area contributed by atoms with E-state index in [1.54, 1.807) is 18.3 Å². The number of hydrogen-bond acceptors (Lipinski definition) is 5. The van der Waals surface area contributed by atoms with Crippen LogP contribution >= 0.6 is 11.6 Å². The second kappa shape index (κ2) is 10.6. The van der Waals surface area contributed by atoms with Gasteiger partial charge in [0.25, 0.3) is 5.91 Å². The minimum Gasteiger partial charge on any atom is -0.481 e. The van der Waals surface area contributed by atoms with Crippen molar-refractivity contribution in [2.24, 2.45) is 5.92 Å². The molecule has 2 aromatic carbocycles. The highest BCUT2D eigenvalue weighted by molar-refractivity contribution is 6.62. The molecule has 39 heavy (non-hydrogen) atoms. The molecule has 2 aliphatic rings. The van der Waals surface area contributed by atoms with Gasteiger partial charge in [0.2, 0.25) is 0 Å². The Morgan fingerprint density at radius 2 is 1.69 bits per heavy atom. The maximum atomic E-state index is 13.4. The Hall–Kier alpha value is -2.88. The van der Waals surface area contributed by atoms with Gasteiger partial charge < -0.3 is 19.7 Å². The number of aliphatic carboxylic acids is 1. The molecule has 0 atom stereocenters. The zero-order chi connectivity index (χ0) is 27.9. The van der Waals surface area contributed by atoms with Crippen molar-refractivity contribution in [1.29, 1.82) is 0 Å². The molecule has 1 amide bonds. The van der Waals surface area contributed by atoms with Gasteiger partial charge in [0, 0.05) is 17.8 Å². The highest BCUT2D eigenvalue weighted by Gasteiger charge is 2.51. The Labute approximate surface area is 234 Å². The first kappa shape index (κ1) is 27.7. The summed E-state index contributed by atoms with van der Waals surface area (Å²) < 4.78 is 14.1. The average molecular weight is 552 g/mol. The fraction of sp³-hybridized carbons (Fsp3) is 0.483. The van der Waals surface area contributed by atoms with E-state index in [0.29, 0.717) is 22.6 Å². The summed E-state index contributed by atoms with van der Waals surface area (Å²) in [5.74, 6) is -0.756. The number of carbonyl (C=O) groups excluding carboxylic acids is 1. The molecule has 1 aromatic heterocycles. The van der Waals surface area contributed by atoms with Crippen molar-refractivity contribution in [2.75, 3.05) is 0 Å². The third-order valence-electron chi connectivity index (χ3n) is 8.48. The van der Waals surface area contributed by atoms with Crippen LogP contribution in [-0.2, 0) is 20.6 Å². The van der Waals surface area contributed by atoms with Crippen LogP contribution in [0.3, 0.4) is 0 Å². The standard InChI is InChI=1S/C29H35BClN3O5/c1-28(2)29(3,4)39-30(38-28)20-9-5-19(6-10-20)17-34-26-22(13-14-24(31)23(26)16-32-34)27(37)33-21-11-7-18(8-12-21)15-25(35)36/h5-6,9-10,13-14,16,18,21H,7-8,11-12,15,17H2,1-4H3,(H,33,37)(H,35,36). The monoisotopic (exact) mass is 551 g/mol. The fourth-order valence-corrected chi connectivity index (χ4v) is 5.63. The Bertz CT molecular complexity index is 1360. The maximum Gasteiger partial charge on any atom is 0.494 e. The highest BCUT2D eigenvalue weighted by Crippen LogP contribution is 2.36. The van der Waals surface area contributed by atoms with E-state index in [1.165, 1.54) is 0 Å². The summed E-state index contributed by atoms with van der Waals surface area (Å²) in [4.78, 5) is 24.4. The number of nitrogens with zero attached hydrogens (tertiary/aromatic N) is 2. The summed E-state index contributed by atoms with van der Waals surface area (Å²) in [5.41, 5.74) is 2.37. The lowest BCUT2D eigenvalue weighted by atomic mass is 9.79. The van der Waals surface area contributed by atoms with Gasteiger partial charge in [0.05, 0.1) is 40.0 Å². The van der Waals surface area contributed by atoms with Gasteiger partial charge in [-0.2, -0.15) is 5.10 Å². The number of hydrogen-bond donors (Lipinski definition) is 2. The first-order valence-corrected chi connectivity index (χ1v) is 13.9. The summed E-state index contributed by atoms with van der Waals surface area (Å²) in [6, 6.07) is 11.5. The van der Waals surface area contributed by atoms with E-state index in [2.05, 4.69) is 10.4 Å². The van der Waals surface area contributed by atoms with E-state index in [1.807, 2.05) is 56.6 Å². The zero-order valence-electron chi connectivity index (χ0n) is 22.9. The number of amides is 1. The second-order valence-electron chi connectivity index (χ2n) is 11.8. The van der Waals surface area contributed by atoms with Crippen molar-refractivity contribution in [1.82, 2.24) is 15.1 Å². The van der Waals surface area contributed by atoms with Crippen LogP contribution in [0.4, 0.5) is 0 Å². The number of carboxylic acids is 1. The van der Waals surface area contributed by atoms with Gasteiger partial charge in [-0.25, -0.2) is 0 Å². The van der Waals surface area contributed by atoms with Crippen molar-refractivity contribution in [3.63, 3.8) is 0 Å². The van der Waals surface area contributed by atoms with Crippen LogP contribution in [0.5, 0.6) is 0 Å². The zero-order valence-corrected chi connectivity index (χ0v) is 23.6. The van der Waals surface area contributed by atoms with Gasteiger partial charge in [0.1, 0.15) is 0 Å². The molecule has 0 unspecified atom stereocenters. The summed E-state index contributed by atoms with van der Waals surface area (Å²) >= 11 is 6.48. The van der Waals surface area contributed by atoms with Crippen LogP contribution in [0.15, 0.2) is 42.6 Å². The van der Waals surface area contributed by atoms with Gasteiger partial charge in [-0.15, -0.1) is 0 Å². The van der Waals surface area contributed by atoms with E-state index in [9.17, 15) is 9.59 Å². The van der Waals surface area contributed by atoms with Crippen molar-refractivity contribution in [3.05, 3.63) is 58.7 Å². The van der Waals surface area contributed by atoms with Gasteiger partial charge in [-0.3, -0.25) is 14.3 Å². The minimum absolute atomic E-state index is 0.0205. The molecular formula is C29H35BClN3O5. The molecule has 2 N–H and O–H groups in total. The van der Waals surface area contributed by atoms with Crippen molar-refractivity contribution < 1.29 is 24.0 Å². The Kier molecular flexibility index (Phi) is 7.52. The highest BCUT2D eigenvalue weighted by atomic mass is 35.5. The van der Waals surface area contributed by atoms with Crippen LogP contribution in [0.1, 0.15) is 75.7 Å². The summed E-state index contributed by atoms with van der Waals surface area (Å²) in [6.45, 7) is 8.61. The Morgan fingerprint density at radius 1 is 1.05 bits per heavy atom. The van der Waals surface area contributed by atoms with E-state index < -0.39 is 24.3 Å². The van der Waals surface area contributed by atoms with Gasteiger partial charge >= 0.3 is 13.1 Å². The van der Waals surface area contributed by atoms with Crippen LogP contribution in [0.2, 0.25) is 5.02 Å². The molecule has 0 radical (unpaired) electrons. The fourth-order valence-electron chi connectivity index (χ4n) is 5.43. The third kappa shape index (κ3) is 5.71. The van der Waals surface area contributed by atoms with Crippen LogP contribution in [0, 0.1) is 5.92 Å². The number of rotatable bonds is 7. The smallest absolute Gasteiger partial charge is 0.481 e. The Morgan fingerprint density at radius 3 is 2.31 bits per heavy atom. The molecule has 10 heteroatoms. The molecule has 1 aliphatic heterocycles. The summed E-state index contributed by atoms with van der Waals surface area (Å²) in [6.07, 6.45) is 5.03. The summed E-state index contributed by atoms with van der Waals surface area (Å²) in [5, 5.41) is 18.0. The first-order valence-electron chi connectivity index (χ1n) is 13.5. The number of carboxylic acid groups (broad SMARTS) is 1. The molecule has 5 rings (SSSR count). The number of halogens is 1. The molecule has 0 spiro atoms. The number of benzene rings is 2. The quantitative estimate of drug-likeness (QED) is 0.409. The maximum absolute atomic E-state index is 13.4. The van der Waals surface area contributed by atoms with Crippen molar-refractivity contribution in [2.45, 2.75) is 83.6 Å². The predicted molar refractivity (Wildman–Crippen MR) is 151 cm³/mol. The molecule has 2 heterocycles. The average Bonchev–Trinajstić information content (AvgIpc) is 3.38. The molecule has 206 valence electrons. The van der Waals surface area contributed by atoms with E-state index in [0.717, 1.165) is 42.1 Å². The topological polar surface area (TPSA) is 103 Å². The van der Waals surface area contributed by atoms with Gasteiger partial charge in [-0.1, -0.05) is 35.9 Å². The van der Waals surface area contributed by atoms with E-state index in [4.69, 9.17) is 26.0 Å². The SMILES string of the molecule is CC1(C)OB(c2ccc(Cn3ncc4c(Cl)ccc(C(=O)NC5CCC(CC(=O)O)CC5)c43)cc2)OC1(C)C. The predicted octanol–water partition coefficient (Wildman–Crippen LogP) is 4.80. The molecule has 1 saturated carbocycles. The number of aromatic nitrogens is 2. The molecule has 8 nitrogen and oxygen atoms in total. The Balaban J connectivity index is 1.31. The van der Waals surface area contributed by atoms with Gasteiger partial charge in [-0.05, 0) is 82.5 Å². The number of carbonyl (C=O) groups is 2. The van der Waals surface area contributed by atoms with Crippen molar-refractivity contribution >= 4 is 47.0 Å². The molecule has 3 aromatic rings. The number of nitrogens with one attached hydrogen (secondary N) is 1. The van der Waals surface area contributed by atoms with Crippen LogP contribution in [-0.4, -0.2) is 51.1 Å². The lowest BCUT2D eigenvalue weighted by Crippen LogP contribution is -2.41. The van der Waals surface area contributed by atoms with E-state index in [-0.39, 0.29) is 24.3 Å². The normalized spacial score (nSPS) is 22.2. The van der Waals surface area contributed by atoms with E-state index >= 15 is 0 Å². The largest absolute Gasteiger partial charge is 0.494 e. The van der Waals surface area contributed by atoms with Crippen LogP contribution < -0.4 is 10.8 Å². The molecular weight excluding hydrogens is 517 g/mol. The van der Waals surface area contributed by atoms with Gasteiger partial charge in [0.15, 0.2) is 0 Å². The number of fused-ring (bicyclic) bond motifs is 1. The van der Waals surface area contributed by atoms with Crippen molar-refractivity contribution in [3.8, 4) is 0 Å². The minimum atomic E-state index is -0.762.